The molecule has 0 saturated carbocycles. The summed E-state index contributed by atoms with van der Waals surface area (Å²) < 4.78 is 11.1. The van der Waals surface area contributed by atoms with Crippen molar-refractivity contribution in [1.29, 1.82) is 0 Å². The van der Waals surface area contributed by atoms with Crippen molar-refractivity contribution in [2.45, 2.75) is 116 Å². The lowest BCUT2D eigenvalue weighted by Gasteiger charge is -2.35. The number of hydrogen-bond acceptors (Lipinski definition) is 3. The second kappa shape index (κ2) is 16.4. The van der Waals surface area contributed by atoms with Gasteiger partial charge in [-0.15, -0.1) is 0 Å². The van der Waals surface area contributed by atoms with E-state index < -0.39 is 0 Å². The number of ether oxygens (including phenoxy) is 2. The Morgan fingerprint density at radius 2 is 1.37 bits per heavy atom. The summed E-state index contributed by atoms with van der Waals surface area (Å²) in [4.78, 5) is 11.8. The molecule has 1 aliphatic heterocycles. The topological polar surface area (TPSA) is 35.5 Å². The third kappa shape index (κ3) is 10.6. The first-order valence-electron chi connectivity index (χ1n) is 12.6. The number of carbonyl (C=O) groups excluding carboxylic acids is 1. The van der Waals surface area contributed by atoms with Gasteiger partial charge in [0.05, 0.1) is 12.5 Å². The van der Waals surface area contributed by atoms with Gasteiger partial charge in [-0.2, -0.15) is 0 Å². The smallest absolute Gasteiger partial charge is 0.313 e. The van der Waals surface area contributed by atoms with Crippen molar-refractivity contribution < 1.29 is 14.3 Å². The van der Waals surface area contributed by atoms with Crippen molar-refractivity contribution >= 4 is 5.97 Å². The van der Waals surface area contributed by atoms with Crippen LogP contribution < -0.4 is 0 Å². The van der Waals surface area contributed by atoms with Gasteiger partial charge in [0.15, 0.2) is 0 Å². The van der Waals surface area contributed by atoms with E-state index in [1.807, 2.05) is 6.07 Å². The maximum absolute atomic E-state index is 11.8. The van der Waals surface area contributed by atoms with Crippen LogP contribution in [0.1, 0.15) is 109 Å². The highest BCUT2D eigenvalue weighted by Crippen LogP contribution is 2.31. The molecule has 0 aromatic heterocycles. The molecule has 2 atom stereocenters. The van der Waals surface area contributed by atoms with Crippen molar-refractivity contribution in [3.8, 4) is 0 Å². The van der Waals surface area contributed by atoms with Crippen molar-refractivity contribution in [3.63, 3.8) is 0 Å². The zero-order valence-corrected chi connectivity index (χ0v) is 19.3. The maximum atomic E-state index is 11.8. The number of unbranched alkanes of at least 4 members (excludes halogenated alkanes) is 11. The fourth-order valence-corrected chi connectivity index (χ4v) is 4.30. The van der Waals surface area contributed by atoms with Crippen molar-refractivity contribution in [2.75, 3.05) is 6.61 Å². The van der Waals surface area contributed by atoms with Gasteiger partial charge >= 0.3 is 5.97 Å². The Morgan fingerprint density at radius 3 is 2.03 bits per heavy atom. The Morgan fingerprint density at radius 1 is 0.767 bits per heavy atom. The fourth-order valence-electron chi connectivity index (χ4n) is 4.30. The highest BCUT2D eigenvalue weighted by molar-refractivity contribution is 5.78. The largest absolute Gasteiger partial charge is 0.461 e. The van der Waals surface area contributed by atoms with Gasteiger partial charge in [0.2, 0.25) is 0 Å². The number of carbonyl (C=O) groups is 1. The third-order valence-electron chi connectivity index (χ3n) is 6.28. The van der Waals surface area contributed by atoms with E-state index in [-0.39, 0.29) is 18.0 Å². The van der Waals surface area contributed by atoms with Crippen LogP contribution in [0.5, 0.6) is 0 Å². The molecular formula is C27H44O3. The van der Waals surface area contributed by atoms with Gasteiger partial charge in [-0.05, 0) is 31.2 Å². The zero-order valence-electron chi connectivity index (χ0n) is 19.3. The molecule has 0 bridgehead atoms. The molecule has 1 aliphatic rings. The summed E-state index contributed by atoms with van der Waals surface area (Å²) in [6, 6.07) is 10.4. The molecule has 0 radical (unpaired) electrons. The summed E-state index contributed by atoms with van der Waals surface area (Å²) in [7, 11) is 0. The number of esters is 1. The number of benzene rings is 1. The van der Waals surface area contributed by atoms with Gasteiger partial charge in [-0.3, -0.25) is 4.79 Å². The van der Waals surface area contributed by atoms with E-state index >= 15 is 0 Å². The minimum Gasteiger partial charge on any atom is -0.461 e. The first-order valence-corrected chi connectivity index (χ1v) is 12.6. The van der Waals surface area contributed by atoms with E-state index in [0.717, 1.165) is 38.9 Å². The summed E-state index contributed by atoms with van der Waals surface area (Å²) in [5.74, 6) is 0.245. The SMILES string of the molecule is CCCCCCCCCC1OC(=O)C1CCCCCCCCOCc1ccccc1. The van der Waals surface area contributed by atoms with Gasteiger partial charge in [0.25, 0.3) is 0 Å². The molecule has 1 aromatic carbocycles. The van der Waals surface area contributed by atoms with Crippen molar-refractivity contribution in [1.82, 2.24) is 0 Å². The molecule has 0 N–H and O–H groups in total. The van der Waals surface area contributed by atoms with Crippen LogP contribution in [0.3, 0.4) is 0 Å². The molecule has 2 rings (SSSR count). The lowest BCUT2D eigenvalue weighted by Crippen LogP contribution is -2.44. The Bertz CT molecular complexity index is 542. The first kappa shape index (κ1) is 24.9. The quantitative estimate of drug-likeness (QED) is 0.172. The third-order valence-corrected chi connectivity index (χ3v) is 6.28. The molecule has 170 valence electrons. The van der Waals surface area contributed by atoms with Crippen molar-refractivity contribution in [2.24, 2.45) is 5.92 Å². The van der Waals surface area contributed by atoms with E-state index in [2.05, 4.69) is 31.2 Å². The second-order valence-electron chi connectivity index (χ2n) is 8.94. The Balaban J connectivity index is 1.36. The van der Waals surface area contributed by atoms with Crippen LogP contribution in [-0.4, -0.2) is 18.7 Å². The van der Waals surface area contributed by atoms with Gasteiger partial charge in [0.1, 0.15) is 6.10 Å². The molecule has 0 amide bonds. The Hall–Kier alpha value is -1.35. The standard InChI is InChI=1S/C27H44O3/c1-2-3-4-5-6-10-16-21-26-25(27(28)30-26)20-15-9-7-8-11-17-22-29-23-24-18-13-12-14-19-24/h12-14,18-19,25-26H,2-11,15-17,20-23H2,1H3. The average molecular weight is 417 g/mol. The van der Waals surface area contributed by atoms with E-state index in [4.69, 9.17) is 9.47 Å². The van der Waals surface area contributed by atoms with E-state index in [1.165, 1.54) is 76.2 Å². The molecular weight excluding hydrogens is 372 g/mol. The monoisotopic (exact) mass is 416 g/mol. The van der Waals surface area contributed by atoms with Gasteiger partial charge in [0, 0.05) is 6.61 Å². The number of hydrogen-bond donors (Lipinski definition) is 0. The molecule has 1 heterocycles. The molecule has 2 unspecified atom stereocenters. The normalized spacial score (nSPS) is 18.2. The van der Waals surface area contributed by atoms with Gasteiger partial charge in [-0.25, -0.2) is 0 Å². The maximum Gasteiger partial charge on any atom is 0.313 e. The van der Waals surface area contributed by atoms with Gasteiger partial charge < -0.3 is 9.47 Å². The number of rotatable bonds is 19. The van der Waals surface area contributed by atoms with Crippen LogP contribution >= 0.6 is 0 Å². The lowest BCUT2D eigenvalue weighted by molar-refractivity contribution is -0.186. The van der Waals surface area contributed by atoms with Crippen LogP contribution in [0, 0.1) is 5.92 Å². The van der Waals surface area contributed by atoms with Crippen LogP contribution in [0.15, 0.2) is 30.3 Å². The minimum atomic E-state index is 0.0542. The summed E-state index contributed by atoms with van der Waals surface area (Å²) in [5, 5.41) is 0. The predicted molar refractivity (Wildman–Crippen MR) is 124 cm³/mol. The molecule has 1 aromatic rings. The highest BCUT2D eigenvalue weighted by atomic mass is 16.6. The highest BCUT2D eigenvalue weighted by Gasteiger charge is 2.40. The Labute approximate surface area is 184 Å². The molecule has 30 heavy (non-hydrogen) atoms. The van der Waals surface area contributed by atoms with Gasteiger partial charge in [-0.1, -0.05) is 108 Å². The summed E-state index contributed by atoms with van der Waals surface area (Å²) in [6.45, 7) is 3.83. The predicted octanol–water partition coefficient (Wildman–Crippen LogP) is 7.62. The summed E-state index contributed by atoms with van der Waals surface area (Å²) in [5.41, 5.74) is 1.25. The first-order chi connectivity index (χ1) is 14.8. The molecule has 3 nitrogen and oxygen atoms in total. The molecule has 1 saturated heterocycles. The summed E-state index contributed by atoms with van der Waals surface area (Å²) >= 11 is 0. The molecule has 3 heteroatoms. The molecule has 1 fully saturated rings. The van der Waals surface area contributed by atoms with Crippen LogP contribution in [0.25, 0.3) is 0 Å². The van der Waals surface area contributed by atoms with Crippen LogP contribution in [0.4, 0.5) is 0 Å². The van der Waals surface area contributed by atoms with Crippen molar-refractivity contribution in [3.05, 3.63) is 35.9 Å². The lowest BCUT2D eigenvalue weighted by atomic mass is 9.87. The number of cyclic esters (lactones) is 1. The second-order valence-corrected chi connectivity index (χ2v) is 8.94. The van der Waals surface area contributed by atoms with E-state index in [0.29, 0.717) is 0 Å². The average Bonchev–Trinajstić information content (AvgIpc) is 2.76. The van der Waals surface area contributed by atoms with E-state index in [9.17, 15) is 4.79 Å². The zero-order chi connectivity index (χ0) is 21.3. The Kier molecular flexibility index (Phi) is 13.6. The minimum absolute atomic E-state index is 0.0542. The van der Waals surface area contributed by atoms with Crippen LogP contribution in [0.2, 0.25) is 0 Å². The van der Waals surface area contributed by atoms with Crippen LogP contribution in [-0.2, 0) is 20.9 Å². The molecule has 0 spiro atoms. The van der Waals surface area contributed by atoms with E-state index in [1.54, 1.807) is 0 Å². The molecule has 0 aliphatic carbocycles. The fraction of sp³-hybridized carbons (Fsp3) is 0.741. The summed E-state index contributed by atoms with van der Waals surface area (Å²) in [6.07, 6.45) is 18.9.